The first-order chi connectivity index (χ1) is 9.11. The van der Waals surface area contributed by atoms with Crippen LogP contribution in [0.25, 0.3) is 0 Å². The van der Waals surface area contributed by atoms with Crippen molar-refractivity contribution < 1.29 is 0 Å². The number of nitrogens with zero attached hydrogens (tertiary/aromatic N) is 1. The molecular formula is C16H22N2S. The molecule has 2 nitrogen and oxygen atoms in total. The van der Waals surface area contributed by atoms with Gasteiger partial charge in [0.05, 0.1) is 11.7 Å². The van der Waals surface area contributed by atoms with E-state index in [4.69, 9.17) is 4.98 Å². The Kier molecular flexibility index (Phi) is 4.72. The monoisotopic (exact) mass is 274 g/mol. The molecule has 19 heavy (non-hydrogen) atoms. The Morgan fingerprint density at radius 3 is 2.63 bits per heavy atom. The predicted molar refractivity (Wildman–Crippen MR) is 82.9 cm³/mol. The highest BCUT2D eigenvalue weighted by molar-refractivity contribution is 7.11. The van der Waals surface area contributed by atoms with Gasteiger partial charge in [0.1, 0.15) is 5.01 Å². The molecule has 1 aromatic heterocycles. The Balaban J connectivity index is 2.35. The second-order valence-electron chi connectivity index (χ2n) is 4.99. The topological polar surface area (TPSA) is 24.9 Å². The quantitative estimate of drug-likeness (QED) is 0.885. The molecule has 0 aliphatic carbocycles. The first-order valence-corrected chi connectivity index (χ1v) is 7.67. The molecular weight excluding hydrogens is 252 g/mol. The Bertz CT molecular complexity index is 526. The van der Waals surface area contributed by atoms with Crippen LogP contribution >= 0.6 is 11.3 Å². The molecule has 2 aromatic rings. The molecule has 0 saturated carbocycles. The molecule has 1 unspecified atom stereocenters. The standard InChI is InChI=1S/C16H22N2S/c1-5-9-17-15(14-8-6-7-11(2)10-14)16-18-12(3)13(4)19-16/h6-8,10,15,17H,5,9H2,1-4H3. The summed E-state index contributed by atoms with van der Waals surface area (Å²) in [6, 6.07) is 8.92. The summed E-state index contributed by atoms with van der Waals surface area (Å²) in [5, 5.41) is 4.79. The largest absolute Gasteiger partial charge is 0.304 e. The van der Waals surface area contributed by atoms with Crippen molar-refractivity contribution in [2.45, 2.75) is 40.2 Å². The minimum absolute atomic E-state index is 0.220. The molecule has 0 fully saturated rings. The highest BCUT2D eigenvalue weighted by Crippen LogP contribution is 2.28. The van der Waals surface area contributed by atoms with E-state index in [1.165, 1.54) is 21.0 Å². The molecule has 3 heteroatoms. The summed E-state index contributed by atoms with van der Waals surface area (Å²) in [4.78, 5) is 6.04. The number of aromatic nitrogens is 1. The zero-order valence-electron chi connectivity index (χ0n) is 12.2. The van der Waals surface area contributed by atoms with Crippen molar-refractivity contribution in [3.63, 3.8) is 0 Å². The lowest BCUT2D eigenvalue weighted by Crippen LogP contribution is -2.23. The summed E-state index contributed by atoms with van der Waals surface area (Å²) >= 11 is 1.80. The molecule has 0 bridgehead atoms. The van der Waals surface area contributed by atoms with Crippen LogP contribution < -0.4 is 5.32 Å². The SMILES string of the molecule is CCCNC(c1cccc(C)c1)c1nc(C)c(C)s1. The maximum absolute atomic E-state index is 4.73. The van der Waals surface area contributed by atoms with Gasteiger partial charge in [-0.25, -0.2) is 4.98 Å². The van der Waals surface area contributed by atoms with Crippen LogP contribution in [0.15, 0.2) is 24.3 Å². The number of nitrogens with one attached hydrogen (secondary N) is 1. The van der Waals surface area contributed by atoms with Gasteiger partial charge >= 0.3 is 0 Å². The smallest absolute Gasteiger partial charge is 0.115 e. The number of hydrogen-bond donors (Lipinski definition) is 1. The van der Waals surface area contributed by atoms with Crippen LogP contribution in [0, 0.1) is 20.8 Å². The van der Waals surface area contributed by atoms with Crippen molar-refractivity contribution in [1.82, 2.24) is 10.3 Å². The average Bonchev–Trinajstić information content (AvgIpc) is 2.70. The second-order valence-corrected chi connectivity index (χ2v) is 6.23. The van der Waals surface area contributed by atoms with Gasteiger partial charge in [0.15, 0.2) is 0 Å². The van der Waals surface area contributed by atoms with Gasteiger partial charge in [0.2, 0.25) is 0 Å². The van der Waals surface area contributed by atoms with Crippen LogP contribution in [0.2, 0.25) is 0 Å². The van der Waals surface area contributed by atoms with Crippen molar-refractivity contribution >= 4 is 11.3 Å². The minimum Gasteiger partial charge on any atom is -0.304 e. The summed E-state index contributed by atoms with van der Waals surface area (Å²) in [7, 11) is 0. The molecule has 2 rings (SSSR count). The molecule has 1 N–H and O–H groups in total. The normalized spacial score (nSPS) is 12.6. The van der Waals surface area contributed by atoms with Crippen LogP contribution in [0.3, 0.4) is 0 Å². The number of benzene rings is 1. The predicted octanol–water partition coefficient (Wildman–Crippen LogP) is 4.16. The average molecular weight is 274 g/mol. The third kappa shape index (κ3) is 3.43. The Morgan fingerprint density at radius 1 is 1.26 bits per heavy atom. The lowest BCUT2D eigenvalue weighted by molar-refractivity contribution is 0.595. The summed E-state index contributed by atoms with van der Waals surface area (Å²) in [6.07, 6.45) is 1.13. The number of aryl methyl sites for hydroxylation is 3. The maximum Gasteiger partial charge on any atom is 0.115 e. The van der Waals surface area contributed by atoms with Gasteiger partial charge < -0.3 is 5.32 Å². The second kappa shape index (κ2) is 6.31. The van der Waals surface area contributed by atoms with Crippen LogP contribution in [-0.2, 0) is 0 Å². The van der Waals surface area contributed by atoms with Crippen LogP contribution in [0.4, 0.5) is 0 Å². The van der Waals surface area contributed by atoms with Crippen molar-refractivity contribution in [3.05, 3.63) is 51.0 Å². The summed E-state index contributed by atoms with van der Waals surface area (Å²) in [6.45, 7) is 9.57. The molecule has 1 atom stereocenters. The molecule has 0 aliphatic heterocycles. The Labute approximate surface area is 119 Å². The van der Waals surface area contributed by atoms with Crippen molar-refractivity contribution in [2.24, 2.45) is 0 Å². The Hall–Kier alpha value is -1.19. The van der Waals surface area contributed by atoms with Gasteiger partial charge in [-0.2, -0.15) is 0 Å². The van der Waals surface area contributed by atoms with Crippen LogP contribution in [-0.4, -0.2) is 11.5 Å². The number of thiazole rings is 1. The number of rotatable bonds is 5. The fourth-order valence-corrected chi connectivity index (χ4v) is 3.13. The zero-order valence-corrected chi connectivity index (χ0v) is 13.0. The van der Waals surface area contributed by atoms with Crippen molar-refractivity contribution in [3.8, 4) is 0 Å². The van der Waals surface area contributed by atoms with E-state index in [1.54, 1.807) is 11.3 Å². The minimum atomic E-state index is 0.220. The maximum atomic E-state index is 4.73. The molecule has 1 heterocycles. The lowest BCUT2D eigenvalue weighted by atomic mass is 10.0. The first kappa shape index (κ1) is 14.2. The summed E-state index contributed by atoms with van der Waals surface area (Å²) in [5.74, 6) is 0. The molecule has 102 valence electrons. The molecule has 0 spiro atoms. The van der Waals surface area contributed by atoms with E-state index in [0.29, 0.717) is 0 Å². The third-order valence-corrected chi connectivity index (χ3v) is 4.40. The molecule has 0 radical (unpaired) electrons. The molecule has 1 aromatic carbocycles. The van der Waals surface area contributed by atoms with Gasteiger partial charge in [-0.3, -0.25) is 0 Å². The van der Waals surface area contributed by atoms with E-state index in [1.807, 2.05) is 0 Å². The summed E-state index contributed by atoms with van der Waals surface area (Å²) in [5.41, 5.74) is 3.75. The third-order valence-electron chi connectivity index (χ3n) is 3.27. The van der Waals surface area contributed by atoms with E-state index in [0.717, 1.165) is 18.7 Å². The Morgan fingerprint density at radius 2 is 2.05 bits per heavy atom. The van der Waals surface area contributed by atoms with E-state index >= 15 is 0 Å². The van der Waals surface area contributed by atoms with E-state index in [-0.39, 0.29) is 6.04 Å². The molecule has 0 saturated heterocycles. The summed E-state index contributed by atoms with van der Waals surface area (Å²) < 4.78 is 0. The highest BCUT2D eigenvalue weighted by atomic mass is 32.1. The van der Waals surface area contributed by atoms with Crippen molar-refractivity contribution in [1.29, 1.82) is 0 Å². The fourth-order valence-electron chi connectivity index (χ4n) is 2.11. The lowest BCUT2D eigenvalue weighted by Gasteiger charge is -2.17. The zero-order chi connectivity index (χ0) is 13.8. The van der Waals surface area contributed by atoms with Gasteiger partial charge in [-0.05, 0) is 39.3 Å². The van der Waals surface area contributed by atoms with Crippen molar-refractivity contribution in [2.75, 3.05) is 6.54 Å². The molecule has 0 amide bonds. The first-order valence-electron chi connectivity index (χ1n) is 6.85. The van der Waals surface area contributed by atoms with E-state index in [9.17, 15) is 0 Å². The molecule has 0 aliphatic rings. The van der Waals surface area contributed by atoms with Gasteiger partial charge in [-0.15, -0.1) is 11.3 Å². The van der Waals surface area contributed by atoms with E-state index < -0.39 is 0 Å². The fraction of sp³-hybridized carbons (Fsp3) is 0.438. The van der Waals surface area contributed by atoms with Crippen LogP contribution in [0.5, 0.6) is 0 Å². The van der Waals surface area contributed by atoms with E-state index in [2.05, 4.69) is 57.3 Å². The van der Waals surface area contributed by atoms with Crippen LogP contribution in [0.1, 0.15) is 46.1 Å². The number of hydrogen-bond acceptors (Lipinski definition) is 3. The highest BCUT2D eigenvalue weighted by Gasteiger charge is 2.18. The van der Waals surface area contributed by atoms with Gasteiger partial charge in [-0.1, -0.05) is 36.8 Å². The van der Waals surface area contributed by atoms with Gasteiger partial charge in [0, 0.05) is 4.88 Å². The van der Waals surface area contributed by atoms with Gasteiger partial charge in [0.25, 0.3) is 0 Å².